The van der Waals surface area contributed by atoms with E-state index in [1.165, 1.54) is 26.2 Å². The minimum absolute atomic E-state index is 0.130. The standard InChI is InChI=1S/C19H24ClN3O3S/c1-14(23(4)13-15-7-5-8-16(20)11-15)19(24)21-17-9-6-10-18(12-17)27(25,26)22(2)3/h5-12,14H,13H2,1-4H3,(H,21,24). The highest BCUT2D eigenvalue weighted by molar-refractivity contribution is 7.89. The van der Waals surface area contributed by atoms with Crippen molar-refractivity contribution >= 4 is 33.2 Å². The Morgan fingerprint density at radius 2 is 1.78 bits per heavy atom. The number of nitrogens with one attached hydrogen (secondary N) is 1. The van der Waals surface area contributed by atoms with Crippen molar-refractivity contribution in [1.82, 2.24) is 9.21 Å². The van der Waals surface area contributed by atoms with Crippen LogP contribution in [0.5, 0.6) is 0 Å². The lowest BCUT2D eigenvalue weighted by Crippen LogP contribution is -2.39. The summed E-state index contributed by atoms with van der Waals surface area (Å²) in [5, 5.41) is 3.43. The first-order valence-corrected chi connectivity index (χ1v) is 10.2. The number of likely N-dealkylation sites (N-methyl/N-ethyl adjacent to an activating group) is 1. The van der Waals surface area contributed by atoms with Crippen molar-refractivity contribution in [2.45, 2.75) is 24.4 Å². The smallest absolute Gasteiger partial charge is 0.242 e. The summed E-state index contributed by atoms with van der Waals surface area (Å²) in [7, 11) is 1.22. The fraction of sp³-hybridized carbons (Fsp3) is 0.316. The van der Waals surface area contributed by atoms with Crippen molar-refractivity contribution in [2.24, 2.45) is 0 Å². The van der Waals surface area contributed by atoms with Crippen LogP contribution in [0.2, 0.25) is 5.02 Å². The number of carbonyl (C=O) groups excluding carboxylic acids is 1. The fourth-order valence-electron chi connectivity index (χ4n) is 2.45. The second-order valence-electron chi connectivity index (χ2n) is 6.53. The average molecular weight is 410 g/mol. The summed E-state index contributed by atoms with van der Waals surface area (Å²) >= 11 is 6.00. The van der Waals surface area contributed by atoms with E-state index in [4.69, 9.17) is 11.6 Å². The molecule has 27 heavy (non-hydrogen) atoms. The molecule has 2 aromatic carbocycles. The van der Waals surface area contributed by atoms with Gasteiger partial charge in [0.2, 0.25) is 15.9 Å². The Labute approximate surface area is 165 Å². The quantitative estimate of drug-likeness (QED) is 0.763. The van der Waals surface area contributed by atoms with Gasteiger partial charge in [-0.15, -0.1) is 0 Å². The van der Waals surface area contributed by atoms with Crippen LogP contribution in [-0.2, 0) is 21.4 Å². The minimum atomic E-state index is -3.56. The Morgan fingerprint density at radius 1 is 1.11 bits per heavy atom. The van der Waals surface area contributed by atoms with Gasteiger partial charge < -0.3 is 5.32 Å². The zero-order valence-electron chi connectivity index (χ0n) is 15.8. The van der Waals surface area contributed by atoms with Gasteiger partial charge in [-0.1, -0.05) is 29.8 Å². The van der Waals surface area contributed by atoms with Crippen molar-refractivity contribution < 1.29 is 13.2 Å². The van der Waals surface area contributed by atoms with E-state index in [2.05, 4.69) is 5.32 Å². The summed E-state index contributed by atoms with van der Waals surface area (Å²) in [6.07, 6.45) is 0. The van der Waals surface area contributed by atoms with E-state index in [1.54, 1.807) is 25.1 Å². The van der Waals surface area contributed by atoms with Crippen LogP contribution in [0.3, 0.4) is 0 Å². The molecule has 0 aromatic heterocycles. The van der Waals surface area contributed by atoms with E-state index in [0.29, 0.717) is 17.3 Å². The van der Waals surface area contributed by atoms with E-state index < -0.39 is 16.1 Å². The van der Waals surface area contributed by atoms with Gasteiger partial charge in [-0.3, -0.25) is 9.69 Å². The highest BCUT2D eigenvalue weighted by Gasteiger charge is 2.20. The van der Waals surface area contributed by atoms with Crippen LogP contribution in [0.25, 0.3) is 0 Å². The van der Waals surface area contributed by atoms with Gasteiger partial charge in [-0.2, -0.15) is 0 Å². The third-order valence-corrected chi connectivity index (χ3v) is 6.29. The number of benzene rings is 2. The molecule has 0 radical (unpaired) electrons. The Hall–Kier alpha value is -1.93. The molecule has 0 heterocycles. The maximum Gasteiger partial charge on any atom is 0.242 e. The number of rotatable bonds is 7. The van der Waals surface area contributed by atoms with Gasteiger partial charge >= 0.3 is 0 Å². The van der Waals surface area contributed by atoms with E-state index in [1.807, 2.05) is 30.1 Å². The number of hydrogen-bond donors (Lipinski definition) is 1. The molecule has 0 bridgehead atoms. The van der Waals surface area contributed by atoms with Crippen molar-refractivity contribution in [3.8, 4) is 0 Å². The molecule has 2 aromatic rings. The Bertz CT molecular complexity index is 916. The van der Waals surface area contributed by atoms with Gasteiger partial charge in [0, 0.05) is 31.4 Å². The lowest BCUT2D eigenvalue weighted by atomic mass is 10.2. The molecule has 0 saturated carbocycles. The largest absolute Gasteiger partial charge is 0.325 e. The number of carbonyl (C=O) groups is 1. The number of hydrogen-bond acceptors (Lipinski definition) is 4. The third-order valence-electron chi connectivity index (χ3n) is 4.24. The van der Waals surface area contributed by atoms with Crippen LogP contribution in [0, 0.1) is 0 Å². The minimum Gasteiger partial charge on any atom is -0.325 e. The summed E-state index contributed by atoms with van der Waals surface area (Å²) in [5.74, 6) is -0.223. The second kappa shape index (κ2) is 8.84. The molecular weight excluding hydrogens is 386 g/mol. The molecule has 0 spiro atoms. The van der Waals surface area contributed by atoms with Crippen molar-refractivity contribution in [1.29, 1.82) is 0 Å². The molecule has 1 amide bonds. The van der Waals surface area contributed by atoms with Crippen molar-refractivity contribution in [2.75, 3.05) is 26.5 Å². The van der Waals surface area contributed by atoms with E-state index in [0.717, 1.165) is 9.87 Å². The summed E-state index contributed by atoms with van der Waals surface area (Å²) in [5.41, 5.74) is 1.44. The highest BCUT2D eigenvalue weighted by Crippen LogP contribution is 2.19. The molecular formula is C19H24ClN3O3S. The van der Waals surface area contributed by atoms with Gasteiger partial charge in [-0.25, -0.2) is 12.7 Å². The van der Waals surface area contributed by atoms with Gasteiger partial charge in [0.15, 0.2) is 0 Å². The molecule has 1 N–H and O–H groups in total. The normalized spacial score (nSPS) is 13.0. The number of amides is 1. The Morgan fingerprint density at radius 3 is 2.41 bits per heavy atom. The van der Waals surface area contributed by atoms with Gasteiger partial charge in [-0.05, 0) is 49.9 Å². The first kappa shape index (κ1) is 21.4. The maximum atomic E-state index is 12.6. The van der Waals surface area contributed by atoms with Crippen LogP contribution >= 0.6 is 11.6 Å². The van der Waals surface area contributed by atoms with Crippen LogP contribution in [0.1, 0.15) is 12.5 Å². The number of sulfonamides is 1. The predicted octanol–water partition coefficient (Wildman–Crippen LogP) is 3.05. The summed E-state index contributed by atoms with van der Waals surface area (Å²) in [4.78, 5) is 14.6. The second-order valence-corrected chi connectivity index (χ2v) is 9.11. The molecule has 0 fully saturated rings. The maximum absolute atomic E-state index is 12.6. The molecule has 1 atom stereocenters. The molecule has 0 aliphatic rings. The van der Waals surface area contributed by atoms with Gasteiger partial charge in [0.25, 0.3) is 0 Å². The van der Waals surface area contributed by atoms with Crippen molar-refractivity contribution in [3.05, 3.63) is 59.1 Å². The molecule has 1 unspecified atom stereocenters. The monoisotopic (exact) mass is 409 g/mol. The van der Waals surface area contributed by atoms with Crippen LogP contribution in [0.4, 0.5) is 5.69 Å². The van der Waals surface area contributed by atoms with Gasteiger partial charge in [0.05, 0.1) is 10.9 Å². The lowest BCUT2D eigenvalue weighted by Gasteiger charge is -2.24. The summed E-state index contributed by atoms with van der Waals surface area (Å²) < 4.78 is 25.6. The van der Waals surface area contributed by atoms with Crippen LogP contribution in [-0.4, -0.2) is 50.7 Å². The zero-order valence-corrected chi connectivity index (χ0v) is 17.4. The molecule has 0 aliphatic carbocycles. The Kier molecular flexibility index (Phi) is 7.00. The van der Waals surface area contributed by atoms with E-state index >= 15 is 0 Å². The molecule has 0 aliphatic heterocycles. The first-order chi connectivity index (χ1) is 12.6. The molecule has 2 rings (SSSR count). The van der Waals surface area contributed by atoms with Crippen LogP contribution in [0.15, 0.2) is 53.4 Å². The van der Waals surface area contributed by atoms with E-state index in [-0.39, 0.29) is 10.8 Å². The Balaban J connectivity index is 2.08. The van der Waals surface area contributed by atoms with Crippen molar-refractivity contribution in [3.63, 3.8) is 0 Å². The zero-order chi connectivity index (χ0) is 20.2. The SMILES string of the molecule is CC(C(=O)Nc1cccc(S(=O)(=O)N(C)C)c1)N(C)Cc1cccc(Cl)c1. The number of halogens is 1. The number of nitrogens with zero attached hydrogens (tertiary/aromatic N) is 2. The molecule has 6 nitrogen and oxygen atoms in total. The molecule has 8 heteroatoms. The third kappa shape index (κ3) is 5.52. The summed E-state index contributed by atoms with van der Waals surface area (Å²) in [6, 6.07) is 13.3. The predicted molar refractivity (Wildman–Crippen MR) is 108 cm³/mol. The van der Waals surface area contributed by atoms with Crippen LogP contribution < -0.4 is 5.32 Å². The highest BCUT2D eigenvalue weighted by atomic mass is 35.5. The summed E-state index contributed by atoms with van der Waals surface area (Å²) in [6.45, 7) is 2.35. The number of anilines is 1. The topological polar surface area (TPSA) is 69.7 Å². The molecule has 146 valence electrons. The fourth-order valence-corrected chi connectivity index (χ4v) is 3.61. The first-order valence-electron chi connectivity index (χ1n) is 8.39. The van der Waals surface area contributed by atoms with E-state index in [9.17, 15) is 13.2 Å². The van der Waals surface area contributed by atoms with Gasteiger partial charge in [0.1, 0.15) is 0 Å². The average Bonchev–Trinajstić information content (AvgIpc) is 2.61. The lowest BCUT2D eigenvalue weighted by molar-refractivity contribution is -0.120. The molecule has 0 saturated heterocycles.